The second kappa shape index (κ2) is 15.2. The summed E-state index contributed by atoms with van der Waals surface area (Å²) in [6, 6.07) is 79.6. The van der Waals surface area contributed by atoms with Crippen LogP contribution in [0.15, 0.2) is 238 Å². The summed E-state index contributed by atoms with van der Waals surface area (Å²) >= 11 is 0. The van der Waals surface area contributed by atoms with Gasteiger partial charge in [0.1, 0.15) is 34.9 Å². The number of aliphatic imine (C=N–C) groups is 1. The van der Waals surface area contributed by atoms with Crippen LogP contribution < -0.4 is 10.6 Å². The van der Waals surface area contributed by atoms with E-state index in [1.54, 1.807) is 0 Å². The van der Waals surface area contributed by atoms with Crippen LogP contribution in [-0.2, 0) is 0 Å². The smallest absolute Gasteiger partial charge is 0.159 e. The van der Waals surface area contributed by atoms with Crippen LogP contribution in [0.2, 0.25) is 0 Å². The molecule has 330 valence electrons. The molecule has 1 aliphatic heterocycles. The van der Waals surface area contributed by atoms with Gasteiger partial charge in [-0.15, -0.1) is 0 Å². The fraction of sp³-hybridized carbons (Fsp3) is 0.0317. The number of benzene rings is 10. The number of rotatable bonds is 6. The van der Waals surface area contributed by atoms with Crippen LogP contribution >= 0.6 is 0 Å². The van der Waals surface area contributed by atoms with Crippen molar-refractivity contribution in [1.82, 2.24) is 19.8 Å². The molecule has 2 atom stereocenters. The van der Waals surface area contributed by atoms with Crippen molar-refractivity contribution in [3.05, 3.63) is 241 Å². The molecule has 7 nitrogen and oxygen atoms in total. The molecule has 1 aliphatic rings. The minimum Gasteiger partial charge on any atom is -0.456 e. The molecule has 70 heavy (non-hydrogen) atoms. The van der Waals surface area contributed by atoms with Crippen LogP contribution in [0, 0.1) is 0 Å². The Bertz CT molecular complexity index is 4430. The molecular formula is C63H41N5O2. The van der Waals surface area contributed by atoms with E-state index in [1.807, 2.05) is 18.2 Å². The van der Waals surface area contributed by atoms with E-state index in [-0.39, 0.29) is 6.17 Å². The fourth-order valence-electron chi connectivity index (χ4n) is 11.3. The van der Waals surface area contributed by atoms with Gasteiger partial charge in [-0.2, -0.15) is 0 Å². The lowest BCUT2D eigenvalue weighted by Crippen LogP contribution is -2.45. The number of hydrogen-bond acceptors (Lipinski definition) is 5. The lowest BCUT2D eigenvalue weighted by Gasteiger charge is -2.33. The molecule has 0 amide bonds. The second-order valence-electron chi connectivity index (χ2n) is 18.3. The number of aromatic nitrogens is 2. The Morgan fingerprint density at radius 3 is 1.79 bits per heavy atom. The Hall–Kier alpha value is -9.17. The van der Waals surface area contributed by atoms with Gasteiger partial charge in [-0.25, -0.2) is 4.99 Å². The number of fused-ring (bicyclic) bond motifs is 13. The van der Waals surface area contributed by atoms with Crippen LogP contribution in [0.25, 0.3) is 110 Å². The SMILES string of the molecule is c1ccc(C2=NC(c3ccc4c(oc5c(-n6c7ccccc7c7ccc8c9ccccc9n(-c9ccccc9)c8c76)cccc54)c3-c3ccc4oc5ccccc5c4c3)NC(c3ccccc3)N2)cc1. The summed E-state index contributed by atoms with van der Waals surface area (Å²) in [4.78, 5) is 5.48. The zero-order chi connectivity index (χ0) is 45.9. The maximum Gasteiger partial charge on any atom is 0.159 e. The largest absolute Gasteiger partial charge is 0.456 e. The van der Waals surface area contributed by atoms with Crippen molar-refractivity contribution >= 4 is 93.3 Å². The van der Waals surface area contributed by atoms with E-state index in [4.69, 9.17) is 13.8 Å². The molecule has 4 aromatic heterocycles. The van der Waals surface area contributed by atoms with Crippen molar-refractivity contribution in [2.24, 2.45) is 4.99 Å². The highest BCUT2D eigenvalue weighted by atomic mass is 16.3. The zero-order valence-electron chi connectivity index (χ0n) is 37.7. The fourth-order valence-corrected chi connectivity index (χ4v) is 11.3. The minimum absolute atomic E-state index is 0.219. The van der Waals surface area contributed by atoms with Gasteiger partial charge in [0.15, 0.2) is 5.58 Å². The van der Waals surface area contributed by atoms with E-state index < -0.39 is 6.17 Å². The third kappa shape index (κ3) is 5.76. The van der Waals surface area contributed by atoms with Crippen molar-refractivity contribution in [2.75, 3.05) is 0 Å². The molecule has 2 N–H and O–H groups in total. The van der Waals surface area contributed by atoms with Gasteiger partial charge in [0.2, 0.25) is 0 Å². The first-order valence-corrected chi connectivity index (χ1v) is 23.9. The molecule has 5 heterocycles. The number of furan rings is 2. The van der Waals surface area contributed by atoms with E-state index in [9.17, 15) is 0 Å². The van der Waals surface area contributed by atoms with Gasteiger partial charge < -0.3 is 23.3 Å². The van der Waals surface area contributed by atoms with Gasteiger partial charge >= 0.3 is 0 Å². The average molecular weight is 900 g/mol. The van der Waals surface area contributed by atoms with Gasteiger partial charge in [0.25, 0.3) is 0 Å². The quantitative estimate of drug-likeness (QED) is 0.174. The van der Waals surface area contributed by atoms with E-state index in [0.717, 1.165) is 111 Å². The molecular weight excluding hydrogens is 859 g/mol. The van der Waals surface area contributed by atoms with E-state index >= 15 is 0 Å². The zero-order valence-corrected chi connectivity index (χ0v) is 37.7. The number of nitrogens with one attached hydrogen (secondary N) is 2. The molecule has 10 aromatic carbocycles. The molecule has 7 heteroatoms. The van der Waals surface area contributed by atoms with Crippen LogP contribution in [-0.4, -0.2) is 15.0 Å². The summed E-state index contributed by atoms with van der Waals surface area (Å²) in [7, 11) is 0. The molecule has 0 bridgehead atoms. The maximum atomic E-state index is 7.57. The van der Waals surface area contributed by atoms with E-state index in [2.05, 4.69) is 226 Å². The third-order valence-electron chi connectivity index (χ3n) is 14.4. The normalized spacial score (nSPS) is 15.3. The predicted octanol–water partition coefficient (Wildman–Crippen LogP) is 15.7. The Morgan fingerprint density at radius 2 is 1.01 bits per heavy atom. The minimum atomic E-state index is -0.448. The molecule has 0 saturated heterocycles. The van der Waals surface area contributed by atoms with Crippen molar-refractivity contribution in [2.45, 2.75) is 12.3 Å². The summed E-state index contributed by atoms with van der Waals surface area (Å²) in [5.74, 6) is 0.818. The molecule has 2 unspecified atom stereocenters. The Morgan fingerprint density at radius 1 is 0.414 bits per heavy atom. The van der Waals surface area contributed by atoms with Gasteiger partial charge in [-0.1, -0.05) is 176 Å². The summed E-state index contributed by atoms with van der Waals surface area (Å²) in [6.07, 6.45) is -0.667. The van der Waals surface area contributed by atoms with E-state index in [1.165, 1.54) is 21.5 Å². The predicted molar refractivity (Wildman–Crippen MR) is 286 cm³/mol. The number of hydrogen-bond donors (Lipinski definition) is 2. The van der Waals surface area contributed by atoms with E-state index in [0.29, 0.717) is 0 Å². The molecule has 14 aromatic rings. The van der Waals surface area contributed by atoms with Gasteiger partial charge in [0.05, 0.1) is 27.8 Å². The average Bonchev–Trinajstić information content (AvgIpc) is 4.19. The number of amidine groups is 1. The number of nitrogens with zero attached hydrogens (tertiary/aromatic N) is 3. The standard InChI is InChI=1S/C63H41N5O2/c1-4-17-38(18-5-1)61-64-62(39-19-6-2-7-20-39)66-63(65-61)49-35-34-48-47-26-16-29-53(59(47)70-60(48)56(49)40-31-36-55-50(37-40)44-25-12-15-30-54(44)69-55)68-52-28-14-11-24-43(52)46-33-32-45-42-23-10-13-27-51(42)67(57(45)58(46)68)41-21-8-3-9-22-41/h1-37,61,63,65H,(H,64,66). The molecule has 0 fully saturated rings. The first-order chi connectivity index (χ1) is 34.7. The highest BCUT2D eigenvalue weighted by Crippen LogP contribution is 2.47. The Kier molecular flexibility index (Phi) is 8.43. The molecule has 0 spiro atoms. The van der Waals surface area contributed by atoms with Crippen LogP contribution in [0.3, 0.4) is 0 Å². The monoisotopic (exact) mass is 899 g/mol. The van der Waals surface area contributed by atoms with Gasteiger partial charge in [-0.05, 0) is 59.7 Å². The highest BCUT2D eigenvalue weighted by Gasteiger charge is 2.30. The van der Waals surface area contributed by atoms with Gasteiger partial charge in [-0.3, -0.25) is 5.32 Å². The third-order valence-corrected chi connectivity index (χ3v) is 14.4. The highest BCUT2D eigenvalue weighted by molar-refractivity contribution is 6.24. The van der Waals surface area contributed by atoms with Crippen molar-refractivity contribution in [3.63, 3.8) is 0 Å². The van der Waals surface area contributed by atoms with Crippen molar-refractivity contribution < 1.29 is 8.83 Å². The Balaban J connectivity index is 1.03. The van der Waals surface area contributed by atoms with Crippen LogP contribution in [0.4, 0.5) is 0 Å². The second-order valence-corrected chi connectivity index (χ2v) is 18.3. The lowest BCUT2D eigenvalue weighted by molar-refractivity contribution is 0.409. The van der Waals surface area contributed by atoms with Crippen molar-refractivity contribution in [1.29, 1.82) is 0 Å². The Labute approximate surface area is 401 Å². The van der Waals surface area contributed by atoms with Gasteiger partial charge in [0, 0.05) is 65.5 Å². The molecule has 15 rings (SSSR count). The number of para-hydroxylation sites is 5. The first-order valence-electron chi connectivity index (χ1n) is 23.9. The topological polar surface area (TPSA) is 72.6 Å². The summed E-state index contributed by atoms with van der Waals surface area (Å²) in [5, 5.41) is 16.6. The summed E-state index contributed by atoms with van der Waals surface area (Å²) in [5.41, 5.74) is 15.0. The summed E-state index contributed by atoms with van der Waals surface area (Å²) < 4.78 is 18.8. The first kappa shape index (κ1) is 38.9. The van der Waals surface area contributed by atoms with Crippen molar-refractivity contribution in [3.8, 4) is 22.5 Å². The summed E-state index contributed by atoms with van der Waals surface area (Å²) in [6.45, 7) is 0. The molecule has 0 radical (unpaired) electrons. The lowest BCUT2D eigenvalue weighted by atomic mass is 9.93. The molecule has 0 aliphatic carbocycles. The molecule has 0 saturated carbocycles. The maximum absolute atomic E-state index is 7.57. The van der Waals surface area contributed by atoms with Crippen LogP contribution in [0.1, 0.15) is 29.0 Å². The van der Waals surface area contributed by atoms with Crippen LogP contribution in [0.5, 0.6) is 0 Å².